The number of carbonyl (C=O) groups is 1. The van der Waals surface area contributed by atoms with Crippen LogP contribution in [0.25, 0.3) is 0 Å². The molecule has 1 unspecified atom stereocenters. The third-order valence-corrected chi connectivity index (χ3v) is 5.92. The van der Waals surface area contributed by atoms with Crippen LogP contribution in [0, 0.1) is 6.92 Å². The molecule has 0 aliphatic carbocycles. The Morgan fingerprint density at radius 3 is 2.71 bits per heavy atom. The summed E-state index contributed by atoms with van der Waals surface area (Å²) in [5.41, 5.74) is 5.51. The van der Waals surface area contributed by atoms with Gasteiger partial charge in [-0.2, -0.15) is 0 Å². The summed E-state index contributed by atoms with van der Waals surface area (Å²) in [5, 5.41) is 6.54. The molecule has 3 heterocycles. The number of carbonyl (C=O) groups excluding carboxylic acids is 1. The number of aromatic nitrogens is 1. The molecule has 0 spiro atoms. The van der Waals surface area contributed by atoms with E-state index in [0.29, 0.717) is 23.0 Å². The highest BCUT2D eigenvalue weighted by atomic mass is 32.1. The second-order valence-corrected chi connectivity index (χ2v) is 8.03. The average molecular weight is 428 g/mol. The van der Waals surface area contributed by atoms with Crippen molar-refractivity contribution in [2.24, 2.45) is 0 Å². The quantitative estimate of drug-likeness (QED) is 0.329. The molecule has 0 radical (unpaired) electrons. The molecule has 0 bridgehead atoms. The number of nitrogens with zero attached hydrogens (tertiary/aromatic N) is 1. The van der Waals surface area contributed by atoms with Crippen LogP contribution >= 0.6 is 12.2 Å². The fourth-order valence-electron chi connectivity index (χ4n) is 3.92. The largest absolute Gasteiger partial charge is 0.449 e. The van der Waals surface area contributed by atoms with E-state index in [4.69, 9.17) is 16.6 Å². The van der Waals surface area contributed by atoms with Crippen molar-refractivity contribution >= 4 is 34.6 Å². The summed E-state index contributed by atoms with van der Waals surface area (Å²) in [6, 6.07) is 20.7. The minimum atomic E-state index is -0.519. The molecule has 1 aliphatic heterocycles. The highest BCUT2D eigenvalue weighted by Gasteiger charge is 2.29. The summed E-state index contributed by atoms with van der Waals surface area (Å²) in [4.78, 5) is 14.0. The van der Waals surface area contributed by atoms with Crippen LogP contribution in [0.5, 0.6) is 0 Å². The molecule has 1 atom stereocenters. The van der Waals surface area contributed by atoms with Crippen LogP contribution in [-0.4, -0.2) is 15.3 Å². The van der Waals surface area contributed by atoms with Gasteiger partial charge < -0.3 is 19.6 Å². The Morgan fingerprint density at radius 1 is 1.10 bits per heavy atom. The minimum absolute atomic E-state index is 0.0165. The third-order valence-electron chi connectivity index (χ3n) is 5.60. The van der Waals surface area contributed by atoms with Gasteiger partial charge in [0, 0.05) is 34.3 Å². The fraction of sp³-hybridized carbons (Fsp3) is 0.120. The van der Waals surface area contributed by atoms with Crippen molar-refractivity contribution in [3.63, 3.8) is 0 Å². The number of rotatable bonds is 4. The predicted octanol–water partition coefficient (Wildman–Crippen LogP) is 5.57. The van der Waals surface area contributed by atoms with E-state index in [2.05, 4.69) is 15.2 Å². The SMILES string of the molecule is Cc1ccccc1C(=S)Nc1ccc(C(=O)C2Nc3occc3Cn3cccc32)cc1. The second kappa shape index (κ2) is 7.89. The summed E-state index contributed by atoms with van der Waals surface area (Å²) in [5.74, 6) is 0.626. The molecule has 31 heavy (non-hydrogen) atoms. The van der Waals surface area contributed by atoms with Crippen LogP contribution in [0.1, 0.15) is 38.8 Å². The Balaban J connectivity index is 1.37. The Kier molecular flexibility index (Phi) is 4.92. The number of hydrogen-bond donors (Lipinski definition) is 2. The molecule has 2 aromatic carbocycles. The van der Waals surface area contributed by atoms with Gasteiger partial charge in [-0.3, -0.25) is 4.79 Å². The average Bonchev–Trinajstić information content (AvgIpc) is 3.39. The molecule has 0 saturated heterocycles. The van der Waals surface area contributed by atoms with E-state index in [9.17, 15) is 4.79 Å². The predicted molar refractivity (Wildman–Crippen MR) is 126 cm³/mol. The van der Waals surface area contributed by atoms with E-state index < -0.39 is 6.04 Å². The van der Waals surface area contributed by atoms with Gasteiger partial charge in [0.1, 0.15) is 11.0 Å². The maximum atomic E-state index is 13.4. The molecule has 0 saturated carbocycles. The summed E-state index contributed by atoms with van der Waals surface area (Å²) in [6.07, 6.45) is 3.63. The lowest BCUT2D eigenvalue weighted by Crippen LogP contribution is -2.22. The van der Waals surface area contributed by atoms with Gasteiger partial charge in [0.2, 0.25) is 0 Å². The van der Waals surface area contributed by atoms with Gasteiger partial charge in [0.25, 0.3) is 0 Å². The van der Waals surface area contributed by atoms with Gasteiger partial charge in [-0.05, 0) is 55.0 Å². The Morgan fingerprint density at radius 2 is 1.90 bits per heavy atom. The molecule has 4 aromatic rings. The Labute approximate surface area is 185 Å². The molecule has 6 heteroatoms. The lowest BCUT2D eigenvalue weighted by Gasteiger charge is -2.17. The lowest BCUT2D eigenvalue weighted by atomic mass is 10.0. The van der Waals surface area contributed by atoms with Crippen LogP contribution in [0.3, 0.4) is 0 Å². The van der Waals surface area contributed by atoms with Crippen molar-refractivity contribution in [2.75, 3.05) is 10.6 Å². The van der Waals surface area contributed by atoms with Crippen molar-refractivity contribution in [3.05, 3.63) is 107 Å². The number of nitrogens with one attached hydrogen (secondary N) is 2. The van der Waals surface area contributed by atoms with Crippen LogP contribution < -0.4 is 10.6 Å². The zero-order chi connectivity index (χ0) is 21.4. The Bertz CT molecular complexity index is 1270. The van der Waals surface area contributed by atoms with Crippen LogP contribution in [0.2, 0.25) is 0 Å². The van der Waals surface area contributed by atoms with Gasteiger partial charge in [-0.1, -0.05) is 36.5 Å². The number of hydrogen-bond acceptors (Lipinski definition) is 4. The van der Waals surface area contributed by atoms with Crippen molar-refractivity contribution in [3.8, 4) is 0 Å². The fourth-order valence-corrected chi connectivity index (χ4v) is 4.27. The van der Waals surface area contributed by atoms with Crippen molar-refractivity contribution in [2.45, 2.75) is 19.5 Å². The van der Waals surface area contributed by atoms with E-state index in [1.54, 1.807) is 6.26 Å². The number of fused-ring (bicyclic) bond motifs is 2. The van der Waals surface area contributed by atoms with Crippen LogP contribution in [0.4, 0.5) is 11.6 Å². The maximum Gasteiger partial charge on any atom is 0.198 e. The first-order chi connectivity index (χ1) is 15.1. The first-order valence-corrected chi connectivity index (χ1v) is 10.5. The zero-order valence-electron chi connectivity index (χ0n) is 17.0. The molecule has 154 valence electrons. The zero-order valence-corrected chi connectivity index (χ0v) is 17.8. The number of anilines is 2. The van der Waals surface area contributed by atoms with Gasteiger partial charge >= 0.3 is 0 Å². The van der Waals surface area contributed by atoms with Crippen molar-refractivity contribution < 1.29 is 9.21 Å². The number of Topliss-reactive ketones (excluding diaryl/α,β-unsaturated/α-hetero) is 1. The first kappa shape index (κ1) is 19.3. The first-order valence-electron chi connectivity index (χ1n) is 10.1. The molecule has 0 amide bonds. The summed E-state index contributed by atoms with van der Waals surface area (Å²) < 4.78 is 7.64. The monoisotopic (exact) mass is 427 g/mol. The van der Waals surface area contributed by atoms with Gasteiger partial charge in [0.05, 0.1) is 12.8 Å². The molecule has 5 nitrogen and oxygen atoms in total. The summed E-state index contributed by atoms with van der Waals surface area (Å²) in [6.45, 7) is 2.70. The van der Waals surface area contributed by atoms with Gasteiger partial charge in [0.15, 0.2) is 11.7 Å². The highest BCUT2D eigenvalue weighted by Crippen LogP contribution is 2.31. The van der Waals surface area contributed by atoms with E-state index in [1.807, 2.05) is 79.9 Å². The Hall–Kier alpha value is -3.64. The van der Waals surface area contributed by atoms with Gasteiger partial charge in [-0.25, -0.2) is 0 Å². The van der Waals surface area contributed by atoms with Crippen molar-refractivity contribution in [1.82, 2.24) is 4.57 Å². The smallest absolute Gasteiger partial charge is 0.198 e. The number of benzene rings is 2. The third kappa shape index (κ3) is 3.66. The molecule has 1 aliphatic rings. The lowest BCUT2D eigenvalue weighted by molar-refractivity contribution is 0.0966. The topological polar surface area (TPSA) is 59.2 Å². The number of thiocarbonyl (C=S) groups is 1. The molecule has 0 fully saturated rings. The van der Waals surface area contributed by atoms with Crippen molar-refractivity contribution in [1.29, 1.82) is 0 Å². The molecule has 2 N–H and O–H groups in total. The standard InChI is InChI=1S/C25H21N3O2S/c1-16-5-2-3-6-20(16)25(31)26-19-10-8-17(9-11-19)23(29)22-21-7-4-13-28(21)15-18-12-14-30-24(18)27-22/h2-14,22,27H,15H2,1H3,(H,26,31). The van der Waals surface area contributed by atoms with Crippen LogP contribution in [0.15, 0.2) is 83.6 Å². The molecule has 5 rings (SSSR count). The molecular formula is C25H21N3O2S. The van der Waals surface area contributed by atoms with Gasteiger partial charge in [-0.15, -0.1) is 0 Å². The molecular weight excluding hydrogens is 406 g/mol. The second-order valence-electron chi connectivity index (χ2n) is 7.62. The number of furan rings is 1. The maximum absolute atomic E-state index is 13.4. The highest BCUT2D eigenvalue weighted by molar-refractivity contribution is 7.81. The molecule has 2 aromatic heterocycles. The van der Waals surface area contributed by atoms with E-state index in [1.165, 1.54) is 0 Å². The normalized spacial score (nSPS) is 14.7. The van der Waals surface area contributed by atoms with E-state index in [-0.39, 0.29) is 5.78 Å². The summed E-state index contributed by atoms with van der Waals surface area (Å²) >= 11 is 5.55. The van der Waals surface area contributed by atoms with E-state index >= 15 is 0 Å². The summed E-state index contributed by atoms with van der Waals surface area (Å²) in [7, 11) is 0. The number of ketones is 1. The van der Waals surface area contributed by atoms with E-state index in [0.717, 1.165) is 28.1 Å². The number of aryl methyl sites for hydroxylation is 1. The minimum Gasteiger partial charge on any atom is -0.449 e. The van der Waals surface area contributed by atoms with Crippen LogP contribution in [-0.2, 0) is 6.54 Å².